The van der Waals surface area contributed by atoms with Crippen molar-refractivity contribution in [2.45, 2.75) is 6.54 Å². The summed E-state index contributed by atoms with van der Waals surface area (Å²) in [5, 5.41) is 8.71. The van der Waals surface area contributed by atoms with E-state index in [-0.39, 0.29) is 0 Å². The molecular formula is C13H16N4S. The van der Waals surface area contributed by atoms with Crippen molar-refractivity contribution in [3.63, 3.8) is 0 Å². The van der Waals surface area contributed by atoms with Gasteiger partial charge in [-0.1, -0.05) is 12.1 Å². The standard InChI is InChI=1S/C13H16N4S/c14-9-11-1-3-12(4-2-11)10-16-13(15)17-5-7-18-8-6-17/h1-4H,5-8,10H2,(H2,15,16). The van der Waals surface area contributed by atoms with Crippen LogP contribution < -0.4 is 5.73 Å². The molecule has 0 amide bonds. The first-order valence-corrected chi connectivity index (χ1v) is 7.07. The van der Waals surface area contributed by atoms with E-state index < -0.39 is 0 Å². The summed E-state index contributed by atoms with van der Waals surface area (Å²) in [7, 11) is 0. The van der Waals surface area contributed by atoms with Gasteiger partial charge in [0, 0.05) is 24.6 Å². The number of hydrogen-bond acceptors (Lipinski definition) is 3. The van der Waals surface area contributed by atoms with Gasteiger partial charge in [0.15, 0.2) is 5.96 Å². The smallest absolute Gasteiger partial charge is 0.191 e. The fourth-order valence-corrected chi connectivity index (χ4v) is 2.65. The van der Waals surface area contributed by atoms with Crippen molar-refractivity contribution in [1.29, 1.82) is 5.26 Å². The van der Waals surface area contributed by atoms with E-state index in [2.05, 4.69) is 16.0 Å². The maximum absolute atomic E-state index is 8.71. The lowest BCUT2D eigenvalue weighted by atomic mass is 10.1. The van der Waals surface area contributed by atoms with Crippen molar-refractivity contribution in [1.82, 2.24) is 4.90 Å². The van der Waals surface area contributed by atoms with Crippen LogP contribution in [0.5, 0.6) is 0 Å². The minimum Gasteiger partial charge on any atom is -0.370 e. The molecule has 94 valence electrons. The van der Waals surface area contributed by atoms with Crippen molar-refractivity contribution in [2.75, 3.05) is 24.6 Å². The number of benzene rings is 1. The Labute approximate surface area is 111 Å². The highest BCUT2D eigenvalue weighted by molar-refractivity contribution is 7.99. The average Bonchev–Trinajstić information content (AvgIpc) is 2.46. The summed E-state index contributed by atoms with van der Waals surface area (Å²) < 4.78 is 0. The SMILES string of the molecule is N#Cc1ccc(CN=C(N)N2CCSCC2)cc1. The molecule has 4 nitrogen and oxygen atoms in total. The van der Waals surface area contributed by atoms with Crippen molar-refractivity contribution >= 4 is 17.7 Å². The number of guanidine groups is 1. The van der Waals surface area contributed by atoms with Crippen LogP contribution in [0, 0.1) is 11.3 Å². The summed E-state index contributed by atoms with van der Waals surface area (Å²) in [5.41, 5.74) is 7.71. The molecule has 0 spiro atoms. The van der Waals surface area contributed by atoms with Crippen molar-refractivity contribution < 1.29 is 0 Å². The molecular weight excluding hydrogens is 244 g/mol. The van der Waals surface area contributed by atoms with E-state index >= 15 is 0 Å². The third kappa shape index (κ3) is 3.41. The van der Waals surface area contributed by atoms with E-state index in [4.69, 9.17) is 11.0 Å². The molecule has 1 aromatic rings. The van der Waals surface area contributed by atoms with Gasteiger partial charge in [-0.15, -0.1) is 0 Å². The Bertz CT molecular complexity index is 455. The number of hydrogen-bond donors (Lipinski definition) is 1. The normalized spacial score (nSPS) is 16.4. The zero-order valence-corrected chi connectivity index (χ0v) is 11.0. The molecule has 0 bridgehead atoms. The Hall–Kier alpha value is -1.67. The van der Waals surface area contributed by atoms with E-state index in [9.17, 15) is 0 Å². The Morgan fingerprint density at radius 1 is 1.33 bits per heavy atom. The molecule has 1 aliphatic heterocycles. The number of rotatable bonds is 2. The molecule has 18 heavy (non-hydrogen) atoms. The monoisotopic (exact) mass is 260 g/mol. The third-order valence-corrected chi connectivity index (χ3v) is 3.78. The van der Waals surface area contributed by atoms with Gasteiger partial charge in [0.05, 0.1) is 18.2 Å². The van der Waals surface area contributed by atoms with Gasteiger partial charge in [0.1, 0.15) is 0 Å². The first-order chi connectivity index (χ1) is 8.79. The minimum atomic E-state index is 0.571. The van der Waals surface area contributed by atoms with E-state index in [0.717, 1.165) is 30.2 Å². The van der Waals surface area contributed by atoms with Gasteiger partial charge in [-0.2, -0.15) is 17.0 Å². The molecule has 0 aliphatic carbocycles. The van der Waals surface area contributed by atoms with Crippen molar-refractivity contribution in [3.05, 3.63) is 35.4 Å². The number of nitrogens with zero attached hydrogens (tertiary/aromatic N) is 3. The van der Waals surface area contributed by atoms with Crippen molar-refractivity contribution in [2.24, 2.45) is 10.7 Å². The number of aliphatic imine (C=N–C) groups is 1. The molecule has 1 aromatic carbocycles. The minimum absolute atomic E-state index is 0.571. The highest BCUT2D eigenvalue weighted by atomic mass is 32.2. The van der Waals surface area contributed by atoms with Crippen LogP contribution in [0.3, 0.4) is 0 Å². The largest absolute Gasteiger partial charge is 0.370 e. The highest BCUT2D eigenvalue weighted by Gasteiger charge is 2.11. The molecule has 0 unspecified atom stereocenters. The second-order valence-electron chi connectivity index (χ2n) is 4.08. The van der Waals surface area contributed by atoms with Crippen LogP contribution in [-0.4, -0.2) is 35.5 Å². The van der Waals surface area contributed by atoms with Gasteiger partial charge in [-0.3, -0.25) is 0 Å². The quantitative estimate of drug-likeness (QED) is 0.645. The molecule has 5 heteroatoms. The van der Waals surface area contributed by atoms with E-state index in [1.165, 1.54) is 0 Å². The molecule has 0 atom stereocenters. The molecule has 1 aliphatic rings. The van der Waals surface area contributed by atoms with Crippen LogP contribution in [0.15, 0.2) is 29.3 Å². The Morgan fingerprint density at radius 3 is 2.61 bits per heavy atom. The Morgan fingerprint density at radius 2 is 2.00 bits per heavy atom. The van der Waals surface area contributed by atoms with E-state index in [0.29, 0.717) is 18.1 Å². The van der Waals surface area contributed by atoms with Gasteiger partial charge >= 0.3 is 0 Å². The van der Waals surface area contributed by atoms with Gasteiger partial charge in [0.2, 0.25) is 0 Å². The molecule has 2 rings (SSSR count). The maximum Gasteiger partial charge on any atom is 0.191 e. The Balaban J connectivity index is 1.94. The van der Waals surface area contributed by atoms with Gasteiger partial charge in [-0.25, -0.2) is 4.99 Å². The highest BCUT2D eigenvalue weighted by Crippen LogP contribution is 2.09. The summed E-state index contributed by atoms with van der Waals surface area (Å²) in [5.74, 6) is 2.86. The molecule has 0 radical (unpaired) electrons. The molecule has 2 N–H and O–H groups in total. The van der Waals surface area contributed by atoms with E-state index in [1.807, 2.05) is 23.9 Å². The molecule has 0 saturated carbocycles. The number of thioether (sulfide) groups is 1. The summed E-state index contributed by atoms with van der Waals surface area (Å²) in [4.78, 5) is 6.53. The van der Waals surface area contributed by atoms with Gasteiger partial charge in [0.25, 0.3) is 0 Å². The lowest BCUT2D eigenvalue weighted by Crippen LogP contribution is -2.42. The zero-order chi connectivity index (χ0) is 12.8. The van der Waals surface area contributed by atoms with E-state index in [1.54, 1.807) is 12.1 Å². The third-order valence-electron chi connectivity index (χ3n) is 2.84. The first-order valence-electron chi connectivity index (χ1n) is 5.91. The molecule has 0 aromatic heterocycles. The van der Waals surface area contributed by atoms with Crippen molar-refractivity contribution in [3.8, 4) is 6.07 Å². The second-order valence-corrected chi connectivity index (χ2v) is 5.31. The van der Waals surface area contributed by atoms with Crippen LogP contribution in [0.4, 0.5) is 0 Å². The van der Waals surface area contributed by atoms with Crippen LogP contribution in [0.2, 0.25) is 0 Å². The van der Waals surface area contributed by atoms with Crippen LogP contribution >= 0.6 is 11.8 Å². The molecule has 1 saturated heterocycles. The number of nitriles is 1. The predicted molar refractivity (Wildman–Crippen MR) is 75.4 cm³/mol. The fourth-order valence-electron chi connectivity index (χ4n) is 1.75. The van der Waals surface area contributed by atoms with Crippen LogP contribution in [0.25, 0.3) is 0 Å². The average molecular weight is 260 g/mol. The van der Waals surface area contributed by atoms with Gasteiger partial charge in [-0.05, 0) is 17.7 Å². The zero-order valence-electron chi connectivity index (χ0n) is 10.2. The molecule has 1 heterocycles. The number of nitrogens with two attached hydrogens (primary N) is 1. The summed E-state index contributed by atoms with van der Waals surface area (Å²) in [6.07, 6.45) is 0. The molecule has 1 fully saturated rings. The van der Waals surface area contributed by atoms with Crippen LogP contribution in [-0.2, 0) is 6.54 Å². The predicted octanol–water partition coefficient (Wildman–Crippen LogP) is 1.42. The lowest BCUT2D eigenvalue weighted by Gasteiger charge is -2.27. The maximum atomic E-state index is 8.71. The first kappa shape index (κ1) is 12.8. The lowest BCUT2D eigenvalue weighted by molar-refractivity contribution is 0.455. The topological polar surface area (TPSA) is 65.4 Å². The Kier molecular flexibility index (Phi) is 4.48. The summed E-state index contributed by atoms with van der Waals surface area (Å²) in [6, 6.07) is 9.54. The fraction of sp³-hybridized carbons (Fsp3) is 0.385. The van der Waals surface area contributed by atoms with Crippen LogP contribution in [0.1, 0.15) is 11.1 Å². The van der Waals surface area contributed by atoms with Gasteiger partial charge < -0.3 is 10.6 Å². The summed E-state index contributed by atoms with van der Waals surface area (Å²) in [6.45, 7) is 2.53. The second kappa shape index (κ2) is 6.31. The summed E-state index contributed by atoms with van der Waals surface area (Å²) >= 11 is 1.95.